The summed E-state index contributed by atoms with van der Waals surface area (Å²) in [5.41, 5.74) is -7.18. The molecule has 3 atom stereocenters. The van der Waals surface area contributed by atoms with Crippen LogP contribution in [0.5, 0.6) is 0 Å². The van der Waals surface area contributed by atoms with Crippen molar-refractivity contribution in [2.45, 2.75) is 23.5 Å². The molecule has 0 nitrogen and oxygen atoms in total. The molecule has 1 saturated heterocycles. The molecule has 1 heterocycles. The van der Waals surface area contributed by atoms with Gasteiger partial charge in [-0.2, -0.15) is 13.2 Å². The van der Waals surface area contributed by atoms with Crippen LogP contribution < -0.4 is 0 Å². The van der Waals surface area contributed by atoms with E-state index in [4.69, 9.17) is 0 Å². The molecule has 0 aromatic carbocycles. The fourth-order valence-electron chi connectivity index (χ4n) is 0.860. The van der Waals surface area contributed by atoms with E-state index >= 15 is 0 Å². The van der Waals surface area contributed by atoms with Crippen LogP contribution in [0.1, 0.15) is 0 Å². The molecule has 0 spiro atoms. The zero-order valence-electron chi connectivity index (χ0n) is 5.54. The van der Waals surface area contributed by atoms with Crippen LogP contribution in [-0.4, -0.2) is 29.3 Å². The van der Waals surface area contributed by atoms with Crippen LogP contribution in [0.3, 0.4) is 0 Å². The minimum absolute atomic E-state index is 0.00248. The zero-order valence-corrected chi connectivity index (χ0v) is 6.35. The molecule has 0 aromatic rings. The second-order valence-corrected chi connectivity index (χ2v) is 3.46. The van der Waals surface area contributed by atoms with Gasteiger partial charge in [0.05, 0.1) is 0 Å². The standard InChI is InChI=1S/C5H4F6S/c6-2-1-12-3(7)4(2,8)5(9,10)11/h2-3H,1H2. The highest BCUT2D eigenvalue weighted by atomic mass is 32.2. The van der Waals surface area contributed by atoms with E-state index in [1.165, 1.54) is 0 Å². The molecule has 12 heavy (non-hydrogen) atoms. The topological polar surface area (TPSA) is 0 Å². The van der Waals surface area contributed by atoms with Crippen molar-refractivity contribution in [3.05, 3.63) is 0 Å². The van der Waals surface area contributed by atoms with E-state index in [-0.39, 0.29) is 11.8 Å². The van der Waals surface area contributed by atoms with Gasteiger partial charge < -0.3 is 0 Å². The molecule has 0 aliphatic carbocycles. The summed E-state index contributed by atoms with van der Waals surface area (Å²) < 4.78 is 72.8. The van der Waals surface area contributed by atoms with Crippen LogP contribution in [0, 0.1) is 0 Å². The monoisotopic (exact) mass is 210 g/mol. The predicted molar refractivity (Wildman–Crippen MR) is 32.1 cm³/mol. The first-order chi connectivity index (χ1) is 5.30. The van der Waals surface area contributed by atoms with Crippen molar-refractivity contribution in [1.29, 1.82) is 0 Å². The quantitative estimate of drug-likeness (QED) is 0.554. The number of hydrogen-bond donors (Lipinski definition) is 0. The molecular formula is C5H4F6S. The van der Waals surface area contributed by atoms with Gasteiger partial charge >= 0.3 is 6.18 Å². The molecule has 0 radical (unpaired) electrons. The second kappa shape index (κ2) is 2.71. The smallest absolute Gasteiger partial charge is 0.242 e. The highest BCUT2D eigenvalue weighted by Crippen LogP contribution is 2.51. The first-order valence-electron chi connectivity index (χ1n) is 2.95. The van der Waals surface area contributed by atoms with Crippen LogP contribution in [0.2, 0.25) is 0 Å². The van der Waals surface area contributed by atoms with E-state index in [2.05, 4.69) is 0 Å². The maximum absolute atomic E-state index is 12.7. The lowest BCUT2D eigenvalue weighted by Gasteiger charge is -2.25. The first kappa shape index (κ1) is 10.0. The first-order valence-corrected chi connectivity index (χ1v) is 4.00. The van der Waals surface area contributed by atoms with Crippen molar-refractivity contribution >= 4 is 11.8 Å². The summed E-state index contributed by atoms with van der Waals surface area (Å²) in [7, 11) is 0. The van der Waals surface area contributed by atoms with Crippen LogP contribution in [0.25, 0.3) is 0 Å². The summed E-state index contributed by atoms with van der Waals surface area (Å²) in [6.07, 6.45) is -8.28. The Morgan fingerprint density at radius 3 is 1.92 bits per heavy atom. The van der Waals surface area contributed by atoms with Gasteiger partial charge in [-0.25, -0.2) is 13.2 Å². The Morgan fingerprint density at radius 2 is 1.75 bits per heavy atom. The van der Waals surface area contributed by atoms with Crippen LogP contribution in [0.4, 0.5) is 26.3 Å². The third kappa shape index (κ3) is 1.18. The molecule has 0 saturated carbocycles. The average Bonchev–Trinajstić information content (AvgIpc) is 2.16. The molecule has 1 aliphatic heterocycles. The minimum atomic E-state index is -5.48. The van der Waals surface area contributed by atoms with Gasteiger partial charge in [0.25, 0.3) is 5.67 Å². The van der Waals surface area contributed by atoms with Gasteiger partial charge in [0.15, 0.2) is 11.7 Å². The van der Waals surface area contributed by atoms with E-state index in [1.807, 2.05) is 0 Å². The molecule has 72 valence electrons. The average molecular weight is 210 g/mol. The van der Waals surface area contributed by atoms with Gasteiger partial charge in [-0.1, -0.05) is 0 Å². The predicted octanol–water partition coefficient (Wildman–Crippen LogP) is 2.64. The van der Waals surface area contributed by atoms with Crippen molar-refractivity contribution in [1.82, 2.24) is 0 Å². The van der Waals surface area contributed by atoms with E-state index in [0.29, 0.717) is 0 Å². The minimum Gasteiger partial charge on any atom is -0.242 e. The van der Waals surface area contributed by atoms with Crippen LogP contribution in [0.15, 0.2) is 0 Å². The summed E-state index contributed by atoms with van der Waals surface area (Å²) in [6, 6.07) is 0. The summed E-state index contributed by atoms with van der Waals surface area (Å²) in [5, 5.41) is 0. The lowest BCUT2D eigenvalue weighted by Crippen LogP contribution is -2.51. The Labute approximate surface area is 68.3 Å². The van der Waals surface area contributed by atoms with Gasteiger partial charge in [0.1, 0.15) is 0 Å². The van der Waals surface area contributed by atoms with Crippen molar-refractivity contribution < 1.29 is 26.3 Å². The van der Waals surface area contributed by atoms with Crippen molar-refractivity contribution in [2.75, 3.05) is 5.75 Å². The van der Waals surface area contributed by atoms with Gasteiger partial charge in [-0.05, 0) is 0 Å². The Balaban J connectivity index is 2.94. The summed E-state index contributed by atoms with van der Waals surface area (Å²) in [5.74, 6) is -0.794. The highest BCUT2D eigenvalue weighted by Gasteiger charge is 2.70. The van der Waals surface area contributed by atoms with Gasteiger partial charge in [-0.15, -0.1) is 11.8 Å². The van der Waals surface area contributed by atoms with Crippen molar-refractivity contribution in [2.24, 2.45) is 0 Å². The van der Waals surface area contributed by atoms with Crippen molar-refractivity contribution in [3.63, 3.8) is 0 Å². The molecule has 1 fully saturated rings. The SMILES string of the molecule is FC1CSC(F)C1(F)C(F)(F)F. The number of thioether (sulfide) groups is 1. The van der Waals surface area contributed by atoms with Gasteiger partial charge in [0, 0.05) is 5.75 Å². The number of alkyl halides is 6. The molecule has 0 aromatic heterocycles. The van der Waals surface area contributed by atoms with E-state index in [9.17, 15) is 26.3 Å². The fourth-order valence-corrected chi connectivity index (χ4v) is 1.96. The highest BCUT2D eigenvalue weighted by molar-refractivity contribution is 8.00. The molecule has 1 aliphatic rings. The lowest BCUT2D eigenvalue weighted by molar-refractivity contribution is -0.253. The number of hydrogen-bond acceptors (Lipinski definition) is 1. The van der Waals surface area contributed by atoms with E-state index in [0.717, 1.165) is 0 Å². The third-order valence-corrected chi connectivity index (χ3v) is 2.73. The van der Waals surface area contributed by atoms with Crippen molar-refractivity contribution in [3.8, 4) is 0 Å². The molecule has 0 N–H and O–H groups in total. The summed E-state index contributed by atoms with van der Waals surface area (Å²) >= 11 is 0.00248. The molecular weight excluding hydrogens is 206 g/mol. The maximum atomic E-state index is 12.7. The number of halogens is 6. The zero-order chi connectivity index (χ0) is 9.57. The molecule has 3 unspecified atom stereocenters. The van der Waals surface area contributed by atoms with Crippen LogP contribution in [-0.2, 0) is 0 Å². The third-order valence-electron chi connectivity index (χ3n) is 1.61. The number of rotatable bonds is 0. The summed E-state index contributed by atoms with van der Waals surface area (Å²) in [6.45, 7) is 0. The Morgan fingerprint density at radius 1 is 1.25 bits per heavy atom. The molecule has 0 bridgehead atoms. The van der Waals surface area contributed by atoms with E-state index in [1.54, 1.807) is 0 Å². The fraction of sp³-hybridized carbons (Fsp3) is 1.00. The van der Waals surface area contributed by atoms with Gasteiger partial charge in [-0.3, -0.25) is 0 Å². The second-order valence-electron chi connectivity index (χ2n) is 2.38. The Bertz CT molecular complexity index is 167. The maximum Gasteiger partial charge on any atom is 0.429 e. The molecule has 1 rings (SSSR count). The van der Waals surface area contributed by atoms with Gasteiger partial charge in [0.2, 0.25) is 0 Å². The normalized spacial score (nSPS) is 43.5. The largest absolute Gasteiger partial charge is 0.429 e. The van der Waals surface area contributed by atoms with E-state index < -0.39 is 29.3 Å². The summed E-state index contributed by atoms with van der Waals surface area (Å²) in [4.78, 5) is 0. The molecule has 0 amide bonds. The Hall–Kier alpha value is -0.0700. The lowest BCUT2D eigenvalue weighted by atomic mass is 10.0. The Kier molecular flexibility index (Phi) is 2.26. The van der Waals surface area contributed by atoms with Crippen LogP contribution >= 0.6 is 11.8 Å². The molecule has 7 heteroatoms.